The number of halogens is 1. The molecule has 0 amide bonds. The van der Waals surface area contributed by atoms with Crippen LogP contribution in [0, 0.1) is 5.82 Å². The number of rotatable bonds is 4. The molecule has 2 rings (SSSR count). The molecule has 2 N–H and O–H groups in total. The van der Waals surface area contributed by atoms with Gasteiger partial charge in [-0.1, -0.05) is 30.3 Å². The molecule has 2 aromatic rings. The molecule has 1 atom stereocenters. The highest BCUT2D eigenvalue weighted by atomic mass is 19.1. The predicted octanol–water partition coefficient (Wildman–Crippen LogP) is 3.14. The first-order valence-electron chi connectivity index (χ1n) is 5.83. The maximum Gasteiger partial charge on any atom is 0.304 e. The number of hydrogen-bond donors (Lipinski definition) is 2. The van der Waals surface area contributed by atoms with E-state index in [0.29, 0.717) is 0 Å². The molecule has 0 saturated heterocycles. The van der Waals surface area contributed by atoms with Crippen LogP contribution in [0.5, 0.6) is 5.75 Å². The molecular weight excluding hydrogens is 247 g/mol. The van der Waals surface area contributed by atoms with Crippen molar-refractivity contribution in [1.29, 1.82) is 0 Å². The molecule has 0 aromatic heterocycles. The van der Waals surface area contributed by atoms with Gasteiger partial charge in [-0.2, -0.15) is 0 Å². The summed E-state index contributed by atoms with van der Waals surface area (Å²) < 4.78 is 13.3. The van der Waals surface area contributed by atoms with Crippen LogP contribution in [-0.2, 0) is 4.79 Å². The van der Waals surface area contributed by atoms with Crippen LogP contribution in [0.3, 0.4) is 0 Å². The van der Waals surface area contributed by atoms with Gasteiger partial charge in [0.15, 0.2) is 0 Å². The molecular formula is C15H13FO3. The van der Waals surface area contributed by atoms with Gasteiger partial charge in [0.2, 0.25) is 0 Å². The van der Waals surface area contributed by atoms with Crippen molar-refractivity contribution in [3.05, 3.63) is 65.5 Å². The molecule has 0 heterocycles. The van der Waals surface area contributed by atoms with E-state index in [4.69, 9.17) is 5.11 Å². The monoisotopic (exact) mass is 260 g/mol. The Morgan fingerprint density at radius 3 is 2.47 bits per heavy atom. The second kappa shape index (κ2) is 5.52. The van der Waals surface area contributed by atoms with Crippen molar-refractivity contribution >= 4 is 5.97 Å². The van der Waals surface area contributed by atoms with E-state index in [0.717, 1.165) is 11.6 Å². The summed E-state index contributed by atoms with van der Waals surface area (Å²) in [5.74, 6) is -2.18. The fourth-order valence-corrected chi connectivity index (χ4v) is 2.07. The van der Waals surface area contributed by atoms with Gasteiger partial charge in [0.1, 0.15) is 11.6 Å². The Kier molecular flexibility index (Phi) is 3.80. The fraction of sp³-hybridized carbons (Fsp3) is 0.133. The van der Waals surface area contributed by atoms with Gasteiger partial charge in [-0.05, 0) is 23.8 Å². The molecule has 0 radical (unpaired) electrons. The number of phenolic OH excluding ortho intramolecular Hbond substituents is 1. The molecule has 0 saturated carbocycles. The van der Waals surface area contributed by atoms with E-state index in [1.165, 1.54) is 12.1 Å². The van der Waals surface area contributed by atoms with Crippen molar-refractivity contribution in [3.63, 3.8) is 0 Å². The Labute approximate surface area is 109 Å². The van der Waals surface area contributed by atoms with E-state index in [9.17, 15) is 14.3 Å². The molecule has 4 heteroatoms. The SMILES string of the molecule is O=C(O)CC(c1ccccc1)c1cc(F)ccc1O. The van der Waals surface area contributed by atoms with Crippen molar-refractivity contribution in [2.75, 3.05) is 0 Å². The molecule has 3 nitrogen and oxygen atoms in total. The van der Waals surface area contributed by atoms with E-state index >= 15 is 0 Å². The van der Waals surface area contributed by atoms with Gasteiger partial charge in [0.05, 0.1) is 6.42 Å². The van der Waals surface area contributed by atoms with Crippen LogP contribution in [0.1, 0.15) is 23.5 Å². The van der Waals surface area contributed by atoms with Crippen molar-refractivity contribution in [3.8, 4) is 5.75 Å². The number of hydrogen-bond acceptors (Lipinski definition) is 2. The summed E-state index contributed by atoms with van der Waals surface area (Å²) >= 11 is 0. The molecule has 0 aliphatic heterocycles. The maximum atomic E-state index is 13.3. The standard InChI is InChI=1S/C15H13FO3/c16-11-6-7-14(17)13(8-11)12(9-15(18)19)10-4-2-1-3-5-10/h1-8,12,17H,9H2,(H,18,19). The lowest BCUT2D eigenvalue weighted by Gasteiger charge is -2.17. The Bertz CT molecular complexity index is 581. The van der Waals surface area contributed by atoms with Gasteiger partial charge in [-0.25, -0.2) is 4.39 Å². The third-order valence-electron chi connectivity index (χ3n) is 2.95. The molecule has 0 fully saturated rings. The third-order valence-corrected chi connectivity index (χ3v) is 2.95. The van der Waals surface area contributed by atoms with Crippen molar-refractivity contribution in [2.45, 2.75) is 12.3 Å². The zero-order chi connectivity index (χ0) is 13.8. The van der Waals surface area contributed by atoms with E-state index in [-0.39, 0.29) is 17.7 Å². The third kappa shape index (κ3) is 3.10. The molecule has 0 bridgehead atoms. The molecule has 0 spiro atoms. The number of carboxylic acids is 1. The lowest BCUT2D eigenvalue weighted by atomic mass is 9.88. The van der Waals surface area contributed by atoms with E-state index in [2.05, 4.69) is 0 Å². The van der Waals surface area contributed by atoms with Crippen LogP contribution in [-0.4, -0.2) is 16.2 Å². The van der Waals surface area contributed by atoms with Crippen molar-refractivity contribution in [1.82, 2.24) is 0 Å². The summed E-state index contributed by atoms with van der Waals surface area (Å²) in [7, 11) is 0. The summed E-state index contributed by atoms with van der Waals surface area (Å²) in [6.45, 7) is 0. The fourth-order valence-electron chi connectivity index (χ4n) is 2.07. The smallest absolute Gasteiger partial charge is 0.304 e. The Morgan fingerprint density at radius 1 is 1.16 bits per heavy atom. The van der Waals surface area contributed by atoms with Crippen LogP contribution in [0.15, 0.2) is 48.5 Å². The van der Waals surface area contributed by atoms with Gasteiger partial charge in [-0.3, -0.25) is 4.79 Å². The zero-order valence-corrected chi connectivity index (χ0v) is 10.1. The first kappa shape index (κ1) is 13.1. The highest BCUT2D eigenvalue weighted by Crippen LogP contribution is 2.34. The molecule has 98 valence electrons. The first-order chi connectivity index (χ1) is 9.08. The summed E-state index contributed by atoms with van der Waals surface area (Å²) in [5.41, 5.74) is 1.01. The Hall–Kier alpha value is -2.36. The van der Waals surface area contributed by atoms with Gasteiger partial charge in [-0.15, -0.1) is 0 Å². The predicted molar refractivity (Wildman–Crippen MR) is 68.6 cm³/mol. The second-order valence-corrected chi connectivity index (χ2v) is 4.26. The van der Waals surface area contributed by atoms with E-state index in [1.54, 1.807) is 24.3 Å². The number of carbonyl (C=O) groups is 1. The zero-order valence-electron chi connectivity index (χ0n) is 10.1. The van der Waals surface area contributed by atoms with E-state index < -0.39 is 17.7 Å². The highest BCUT2D eigenvalue weighted by molar-refractivity contribution is 5.69. The van der Waals surface area contributed by atoms with Gasteiger partial charge in [0.25, 0.3) is 0 Å². The average molecular weight is 260 g/mol. The summed E-state index contributed by atoms with van der Waals surface area (Å²) in [6.07, 6.45) is -0.207. The number of aliphatic carboxylic acids is 1. The minimum Gasteiger partial charge on any atom is -0.508 e. The normalized spacial score (nSPS) is 12.1. The Balaban J connectivity index is 2.48. The number of carboxylic acid groups (broad SMARTS) is 1. The van der Waals surface area contributed by atoms with Gasteiger partial charge >= 0.3 is 5.97 Å². The maximum absolute atomic E-state index is 13.3. The van der Waals surface area contributed by atoms with Crippen LogP contribution in [0.25, 0.3) is 0 Å². The largest absolute Gasteiger partial charge is 0.508 e. The molecule has 1 unspecified atom stereocenters. The second-order valence-electron chi connectivity index (χ2n) is 4.26. The van der Waals surface area contributed by atoms with Crippen LogP contribution >= 0.6 is 0 Å². The van der Waals surface area contributed by atoms with E-state index in [1.807, 2.05) is 6.07 Å². The van der Waals surface area contributed by atoms with Gasteiger partial charge < -0.3 is 10.2 Å². The molecule has 2 aromatic carbocycles. The summed E-state index contributed by atoms with van der Waals surface area (Å²) in [4.78, 5) is 11.0. The van der Waals surface area contributed by atoms with Crippen molar-refractivity contribution < 1.29 is 19.4 Å². The molecule has 0 aliphatic carbocycles. The number of benzene rings is 2. The average Bonchev–Trinajstić information content (AvgIpc) is 2.40. The lowest BCUT2D eigenvalue weighted by Crippen LogP contribution is -2.08. The van der Waals surface area contributed by atoms with Crippen LogP contribution in [0.2, 0.25) is 0 Å². The molecule has 0 aliphatic rings. The Morgan fingerprint density at radius 2 is 1.84 bits per heavy atom. The number of phenols is 1. The quantitative estimate of drug-likeness (QED) is 0.887. The van der Waals surface area contributed by atoms with Crippen molar-refractivity contribution in [2.24, 2.45) is 0 Å². The highest BCUT2D eigenvalue weighted by Gasteiger charge is 2.21. The van der Waals surface area contributed by atoms with Crippen LogP contribution in [0.4, 0.5) is 4.39 Å². The number of aromatic hydroxyl groups is 1. The summed E-state index contributed by atoms with van der Waals surface area (Å²) in [6, 6.07) is 12.4. The summed E-state index contributed by atoms with van der Waals surface area (Å²) in [5, 5.41) is 18.8. The van der Waals surface area contributed by atoms with Gasteiger partial charge in [0, 0.05) is 11.5 Å². The lowest BCUT2D eigenvalue weighted by molar-refractivity contribution is -0.137. The minimum atomic E-state index is -1.00. The molecule has 19 heavy (non-hydrogen) atoms. The minimum absolute atomic E-state index is 0.100. The van der Waals surface area contributed by atoms with Crippen LogP contribution < -0.4 is 0 Å². The first-order valence-corrected chi connectivity index (χ1v) is 5.83. The topological polar surface area (TPSA) is 57.5 Å².